The first-order valence-corrected chi connectivity index (χ1v) is 6.45. The number of nitrogens with one attached hydrogen (secondary N) is 1. The van der Waals surface area contributed by atoms with E-state index in [1.54, 1.807) is 0 Å². The van der Waals surface area contributed by atoms with Crippen LogP contribution < -0.4 is 15.8 Å². The molecule has 2 atom stereocenters. The molecule has 0 saturated carbocycles. The molecule has 21 heavy (non-hydrogen) atoms. The van der Waals surface area contributed by atoms with Gasteiger partial charge in [0, 0.05) is 6.07 Å². The van der Waals surface area contributed by atoms with Crippen LogP contribution in [0.5, 0.6) is 5.88 Å². The van der Waals surface area contributed by atoms with Gasteiger partial charge in [-0.25, -0.2) is 4.98 Å². The van der Waals surface area contributed by atoms with Crippen molar-refractivity contribution in [2.45, 2.75) is 32.5 Å². The maximum absolute atomic E-state index is 12.0. The van der Waals surface area contributed by atoms with E-state index < -0.39 is 18.8 Å². The van der Waals surface area contributed by atoms with Crippen LogP contribution in [-0.4, -0.2) is 29.7 Å². The second-order valence-electron chi connectivity index (χ2n) is 4.69. The number of carbonyl (C=O) groups excluding carboxylic acids is 1. The second kappa shape index (κ2) is 7.26. The van der Waals surface area contributed by atoms with Crippen LogP contribution in [0.4, 0.5) is 18.9 Å². The molecule has 0 radical (unpaired) electrons. The summed E-state index contributed by atoms with van der Waals surface area (Å²) in [6, 6.07) is 1.99. The van der Waals surface area contributed by atoms with Crippen LogP contribution in [0, 0.1) is 5.92 Å². The molecule has 8 heteroatoms. The summed E-state index contributed by atoms with van der Waals surface area (Å²) in [4.78, 5) is 15.5. The Bertz CT molecular complexity index is 463. The highest BCUT2D eigenvalue weighted by molar-refractivity contribution is 5.94. The molecule has 0 aromatic carbocycles. The molecule has 0 bridgehead atoms. The number of anilines is 1. The monoisotopic (exact) mass is 305 g/mol. The van der Waals surface area contributed by atoms with Crippen molar-refractivity contribution in [3.05, 3.63) is 18.3 Å². The standard InChI is InChI=1S/C13H18F3N3O2/c1-3-8(2)11(17)12(20)19-9-4-5-10(18-6-9)21-7-13(14,15)16/h4-6,8,11H,3,7,17H2,1-2H3,(H,19,20)/t8?,11-/m0/s1. The van der Waals surface area contributed by atoms with Gasteiger partial charge in [0.05, 0.1) is 17.9 Å². The third-order valence-electron chi connectivity index (χ3n) is 2.95. The highest BCUT2D eigenvalue weighted by Gasteiger charge is 2.28. The van der Waals surface area contributed by atoms with Gasteiger partial charge < -0.3 is 15.8 Å². The van der Waals surface area contributed by atoms with Gasteiger partial charge in [0.25, 0.3) is 0 Å². The molecule has 0 aliphatic heterocycles. The number of alkyl halides is 3. The van der Waals surface area contributed by atoms with Gasteiger partial charge >= 0.3 is 6.18 Å². The van der Waals surface area contributed by atoms with Crippen molar-refractivity contribution in [2.24, 2.45) is 11.7 Å². The lowest BCUT2D eigenvalue weighted by molar-refractivity contribution is -0.154. The first-order valence-electron chi connectivity index (χ1n) is 6.45. The van der Waals surface area contributed by atoms with E-state index in [0.717, 1.165) is 6.42 Å². The van der Waals surface area contributed by atoms with Crippen molar-refractivity contribution in [3.63, 3.8) is 0 Å². The summed E-state index contributed by atoms with van der Waals surface area (Å²) in [5, 5.41) is 2.55. The Kier molecular flexibility index (Phi) is 5.95. The lowest BCUT2D eigenvalue weighted by atomic mass is 9.99. The Morgan fingerprint density at radius 3 is 2.62 bits per heavy atom. The third kappa shape index (κ3) is 5.99. The number of hydrogen-bond acceptors (Lipinski definition) is 4. The van der Waals surface area contributed by atoms with Gasteiger partial charge in [0.2, 0.25) is 11.8 Å². The van der Waals surface area contributed by atoms with Crippen LogP contribution >= 0.6 is 0 Å². The first-order chi connectivity index (χ1) is 9.73. The van der Waals surface area contributed by atoms with Gasteiger partial charge in [-0.05, 0) is 12.0 Å². The lowest BCUT2D eigenvalue weighted by Crippen LogP contribution is -2.40. The molecule has 1 unspecified atom stereocenters. The molecule has 0 aliphatic carbocycles. The van der Waals surface area contributed by atoms with E-state index in [1.807, 2.05) is 13.8 Å². The summed E-state index contributed by atoms with van der Waals surface area (Å²) in [5.41, 5.74) is 6.11. The minimum absolute atomic E-state index is 0.0207. The largest absolute Gasteiger partial charge is 0.468 e. The first kappa shape index (κ1) is 17.2. The Balaban J connectivity index is 2.56. The topological polar surface area (TPSA) is 77.2 Å². The number of hydrogen-bond donors (Lipinski definition) is 2. The zero-order valence-electron chi connectivity index (χ0n) is 11.8. The fourth-order valence-electron chi connectivity index (χ4n) is 1.43. The molecular formula is C13H18F3N3O2. The average Bonchev–Trinajstić information content (AvgIpc) is 2.44. The van der Waals surface area contributed by atoms with Crippen molar-refractivity contribution >= 4 is 11.6 Å². The minimum Gasteiger partial charge on any atom is -0.468 e. The number of nitrogens with two attached hydrogens (primary N) is 1. The number of pyridine rings is 1. The van der Waals surface area contributed by atoms with Crippen LogP contribution in [0.15, 0.2) is 18.3 Å². The number of halogens is 3. The average molecular weight is 305 g/mol. The molecule has 0 spiro atoms. The van der Waals surface area contributed by atoms with Crippen LogP contribution in [-0.2, 0) is 4.79 Å². The van der Waals surface area contributed by atoms with Gasteiger partial charge in [-0.2, -0.15) is 13.2 Å². The van der Waals surface area contributed by atoms with Crippen molar-refractivity contribution < 1.29 is 22.7 Å². The summed E-state index contributed by atoms with van der Waals surface area (Å²) in [5.74, 6) is -0.515. The van der Waals surface area contributed by atoms with Crippen molar-refractivity contribution in [3.8, 4) is 5.88 Å². The number of ether oxygens (including phenoxy) is 1. The van der Waals surface area contributed by atoms with E-state index in [-0.39, 0.29) is 17.7 Å². The van der Waals surface area contributed by atoms with Crippen LogP contribution in [0.3, 0.4) is 0 Å². The van der Waals surface area contributed by atoms with E-state index in [0.29, 0.717) is 5.69 Å². The Hall–Kier alpha value is -1.83. The van der Waals surface area contributed by atoms with Gasteiger partial charge in [0.1, 0.15) is 0 Å². The molecule has 118 valence electrons. The molecule has 1 aromatic rings. The number of aromatic nitrogens is 1. The van der Waals surface area contributed by atoms with Crippen LogP contribution in [0.2, 0.25) is 0 Å². The zero-order chi connectivity index (χ0) is 16.0. The van der Waals surface area contributed by atoms with Crippen LogP contribution in [0.25, 0.3) is 0 Å². The van der Waals surface area contributed by atoms with E-state index >= 15 is 0 Å². The molecule has 1 rings (SSSR count). The SMILES string of the molecule is CCC(C)[C@H](N)C(=O)Nc1ccc(OCC(F)(F)F)nc1. The second-order valence-corrected chi connectivity index (χ2v) is 4.69. The maximum Gasteiger partial charge on any atom is 0.422 e. The third-order valence-corrected chi connectivity index (χ3v) is 2.95. The Morgan fingerprint density at radius 1 is 1.48 bits per heavy atom. The fraction of sp³-hybridized carbons (Fsp3) is 0.538. The van der Waals surface area contributed by atoms with E-state index in [4.69, 9.17) is 5.73 Å². The van der Waals surface area contributed by atoms with Crippen LogP contribution in [0.1, 0.15) is 20.3 Å². The molecule has 3 N–H and O–H groups in total. The van der Waals surface area contributed by atoms with Crippen molar-refractivity contribution in [1.29, 1.82) is 0 Å². The smallest absolute Gasteiger partial charge is 0.422 e. The molecular weight excluding hydrogens is 287 g/mol. The molecule has 0 aliphatic rings. The van der Waals surface area contributed by atoms with E-state index in [9.17, 15) is 18.0 Å². The number of rotatable bonds is 6. The Labute approximate surface area is 120 Å². The normalized spacial score (nSPS) is 14.4. The van der Waals surface area contributed by atoms with E-state index in [2.05, 4.69) is 15.0 Å². The van der Waals surface area contributed by atoms with Gasteiger partial charge in [-0.3, -0.25) is 4.79 Å². The van der Waals surface area contributed by atoms with Gasteiger partial charge in [-0.1, -0.05) is 20.3 Å². The molecule has 1 heterocycles. The molecule has 1 aromatic heterocycles. The summed E-state index contributed by atoms with van der Waals surface area (Å²) >= 11 is 0. The van der Waals surface area contributed by atoms with E-state index in [1.165, 1.54) is 18.3 Å². The highest BCUT2D eigenvalue weighted by atomic mass is 19.4. The quantitative estimate of drug-likeness (QED) is 0.845. The predicted octanol–water partition coefficient (Wildman–Crippen LogP) is 2.33. The number of carbonyl (C=O) groups is 1. The highest BCUT2D eigenvalue weighted by Crippen LogP contribution is 2.18. The molecule has 0 saturated heterocycles. The zero-order valence-corrected chi connectivity index (χ0v) is 11.8. The predicted molar refractivity (Wildman–Crippen MR) is 71.8 cm³/mol. The van der Waals surface area contributed by atoms with Gasteiger partial charge in [-0.15, -0.1) is 0 Å². The summed E-state index contributed by atoms with van der Waals surface area (Å²) < 4.78 is 40.4. The fourth-order valence-corrected chi connectivity index (χ4v) is 1.43. The molecule has 1 amide bonds. The lowest BCUT2D eigenvalue weighted by Gasteiger charge is -2.17. The minimum atomic E-state index is -4.42. The molecule has 5 nitrogen and oxygen atoms in total. The number of nitrogens with zero attached hydrogens (tertiary/aromatic N) is 1. The Morgan fingerprint density at radius 2 is 2.14 bits per heavy atom. The number of amides is 1. The van der Waals surface area contributed by atoms with Crippen molar-refractivity contribution in [2.75, 3.05) is 11.9 Å². The molecule has 0 fully saturated rings. The summed E-state index contributed by atoms with van der Waals surface area (Å²) in [6.45, 7) is 2.37. The maximum atomic E-state index is 12.0. The summed E-state index contributed by atoms with van der Waals surface area (Å²) in [6.07, 6.45) is -2.44. The van der Waals surface area contributed by atoms with Gasteiger partial charge in [0.15, 0.2) is 6.61 Å². The summed E-state index contributed by atoms with van der Waals surface area (Å²) in [7, 11) is 0. The van der Waals surface area contributed by atoms with Crippen molar-refractivity contribution in [1.82, 2.24) is 4.98 Å².